The molecule has 1 nitrogen and oxygen atoms in total. The molecule has 0 saturated carbocycles. The van der Waals surface area contributed by atoms with Crippen molar-refractivity contribution in [2.45, 2.75) is 19.3 Å². The van der Waals surface area contributed by atoms with Crippen molar-refractivity contribution in [3.05, 3.63) is 0 Å². The van der Waals surface area contributed by atoms with Gasteiger partial charge in [-0.15, -0.1) is 12.3 Å². The second-order valence-electron chi connectivity index (χ2n) is 3.21. The van der Waals surface area contributed by atoms with Crippen molar-refractivity contribution < 1.29 is 0 Å². The maximum Gasteiger partial charge on any atom is 0.0211 e. The van der Waals surface area contributed by atoms with Gasteiger partial charge in [0, 0.05) is 13.0 Å². The molecule has 1 N–H and O–H groups in total. The predicted molar refractivity (Wildman–Crippen MR) is 56.4 cm³/mol. The van der Waals surface area contributed by atoms with Crippen molar-refractivity contribution in [3.8, 4) is 12.3 Å². The zero-order chi connectivity index (χ0) is 8.65. The molecule has 0 aromatic heterocycles. The van der Waals surface area contributed by atoms with E-state index in [4.69, 9.17) is 6.42 Å². The Bertz CT molecular complexity index is 144. The maximum atomic E-state index is 5.15. The van der Waals surface area contributed by atoms with Gasteiger partial charge in [-0.25, -0.2) is 0 Å². The fourth-order valence-corrected chi connectivity index (χ4v) is 2.62. The van der Waals surface area contributed by atoms with Gasteiger partial charge in [-0.3, -0.25) is 0 Å². The van der Waals surface area contributed by atoms with Gasteiger partial charge >= 0.3 is 0 Å². The molecule has 1 saturated heterocycles. The third kappa shape index (κ3) is 4.04. The van der Waals surface area contributed by atoms with Gasteiger partial charge in [0.25, 0.3) is 0 Å². The number of rotatable bonds is 4. The molecule has 0 unspecified atom stereocenters. The van der Waals surface area contributed by atoms with Crippen LogP contribution in [0.5, 0.6) is 0 Å². The number of thioether (sulfide) groups is 1. The second kappa shape index (κ2) is 6.39. The van der Waals surface area contributed by atoms with E-state index in [-0.39, 0.29) is 0 Å². The van der Waals surface area contributed by atoms with Gasteiger partial charge in [0.2, 0.25) is 0 Å². The summed E-state index contributed by atoms with van der Waals surface area (Å²) in [5.41, 5.74) is 0. The van der Waals surface area contributed by atoms with E-state index in [1.54, 1.807) is 0 Å². The van der Waals surface area contributed by atoms with Gasteiger partial charge in [0.15, 0.2) is 0 Å². The average molecular weight is 183 g/mol. The number of nitrogens with one attached hydrogen (secondary N) is 1. The fourth-order valence-electron chi connectivity index (χ4n) is 1.42. The summed E-state index contributed by atoms with van der Waals surface area (Å²) >= 11 is 2.08. The van der Waals surface area contributed by atoms with Crippen LogP contribution in [0.4, 0.5) is 0 Å². The molecule has 1 heterocycles. The largest absolute Gasteiger partial charge is 0.316 e. The molecular formula is C10H17NS. The highest BCUT2D eigenvalue weighted by molar-refractivity contribution is 7.99. The first-order valence-electron chi connectivity index (χ1n) is 4.65. The SMILES string of the molecule is C#CCCNCC1CCSCC1. The lowest BCUT2D eigenvalue weighted by Gasteiger charge is -2.21. The maximum absolute atomic E-state index is 5.15. The van der Waals surface area contributed by atoms with Gasteiger partial charge in [-0.2, -0.15) is 11.8 Å². The van der Waals surface area contributed by atoms with Crippen LogP contribution >= 0.6 is 11.8 Å². The van der Waals surface area contributed by atoms with Crippen molar-refractivity contribution >= 4 is 11.8 Å². The van der Waals surface area contributed by atoms with E-state index in [9.17, 15) is 0 Å². The first-order valence-corrected chi connectivity index (χ1v) is 5.81. The summed E-state index contributed by atoms with van der Waals surface area (Å²) in [5.74, 6) is 6.24. The number of hydrogen-bond acceptors (Lipinski definition) is 2. The van der Waals surface area contributed by atoms with Gasteiger partial charge in [-0.05, 0) is 36.8 Å². The molecule has 0 aromatic rings. The van der Waals surface area contributed by atoms with E-state index in [0.29, 0.717) is 0 Å². The summed E-state index contributed by atoms with van der Waals surface area (Å²) in [5, 5.41) is 3.40. The Labute approximate surface area is 79.7 Å². The molecule has 68 valence electrons. The van der Waals surface area contributed by atoms with Gasteiger partial charge in [-0.1, -0.05) is 0 Å². The Morgan fingerprint density at radius 1 is 1.42 bits per heavy atom. The van der Waals surface area contributed by atoms with E-state index in [0.717, 1.165) is 18.9 Å². The van der Waals surface area contributed by atoms with Crippen molar-refractivity contribution in [1.82, 2.24) is 5.32 Å². The average Bonchev–Trinajstić information content (AvgIpc) is 2.14. The van der Waals surface area contributed by atoms with Crippen LogP contribution in [0.15, 0.2) is 0 Å². The zero-order valence-corrected chi connectivity index (χ0v) is 8.33. The first-order chi connectivity index (χ1) is 5.93. The van der Waals surface area contributed by atoms with Crippen LogP contribution in [0.25, 0.3) is 0 Å². The molecule has 0 radical (unpaired) electrons. The van der Waals surface area contributed by atoms with Crippen molar-refractivity contribution in [3.63, 3.8) is 0 Å². The molecule has 0 aromatic carbocycles. The zero-order valence-electron chi connectivity index (χ0n) is 7.51. The van der Waals surface area contributed by atoms with Crippen LogP contribution in [0.3, 0.4) is 0 Å². The summed E-state index contributed by atoms with van der Waals surface area (Å²) in [6.45, 7) is 2.16. The molecule has 0 spiro atoms. The minimum Gasteiger partial charge on any atom is -0.316 e. The van der Waals surface area contributed by atoms with Gasteiger partial charge < -0.3 is 5.32 Å². The lowest BCUT2D eigenvalue weighted by atomic mass is 10.0. The summed E-state index contributed by atoms with van der Waals surface area (Å²) < 4.78 is 0. The quantitative estimate of drug-likeness (QED) is 0.526. The molecule has 1 rings (SSSR count). The van der Waals surface area contributed by atoms with Crippen LogP contribution in [0.1, 0.15) is 19.3 Å². The fraction of sp³-hybridized carbons (Fsp3) is 0.800. The molecule has 1 fully saturated rings. The Morgan fingerprint density at radius 3 is 2.83 bits per heavy atom. The van der Waals surface area contributed by atoms with Gasteiger partial charge in [0.1, 0.15) is 0 Å². The molecule has 0 aliphatic carbocycles. The first kappa shape index (κ1) is 9.95. The van der Waals surface area contributed by atoms with Crippen molar-refractivity contribution in [2.24, 2.45) is 5.92 Å². The van der Waals surface area contributed by atoms with E-state index in [2.05, 4.69) is 23.0 Å². The highest BCUT2D eigenvalue weighted by Crippen LogP contribution is 2.21. The van der Waals surface area contributed by atoms with E-state index < -0.39 is 0 Å². The molecule has 1 aliphatic rings. The minimum atomic E-state index is 0.863. The molecule has 0 amide bonds. The van der Waals surface area contributed by atoms with Gasteiger partial charge in [0.05, 0.1) is 0 Å². The summed E-state index contributed by atoms with van der Waals surface area (Å²) in [6, 6.07) is 0. The predicted octanol–water partition coefficient (Wildman–Crippen LogP) is 1.74. The van der Waals surface area contributed by atoms with Crippen LogP contribution in [-0.4, -0.2) is 24.6 Å². The number of terminal acetylenes is 1. The second-order valence-corrected chi connectivity index (χ2v) is 4.44. The lowest BCUT2D eigenvalue weighted by Crippen LogP contribution is -2.26. The summed E-state index contributed by atoms with van der Waals surface area (Å²) in [4.78, 5) is 0. The number of hydrogen-bond donors (Lipinski definition) is 1. The normalized spacial score (nSPS) is 18.9. The Hall–Kier alpha value is -0.130. The Balaban J connectivity index is 1.95. The van der Waals surface area contributed by atoms with E-state index >= 15 is 0 Å². The summed E-state index contributed by atoms with van der Waals surface area (Å²) in [7, 11) is 0. The molecule has 12 heavy (non-hydrogen) atoms. The Kier molecular flexibility index (Phi) is 5.30. The van der Waals surface area contributed by atoms with Crippen LogP contribution in [0.2, 0.25) is 0 Å². The third-order valence-electron chi connectivity index (χ3n) is 2.22. The topological polar surface area (TPSA) is 12.0 Å². The van der Waals surface area contributed by atoms with E-state index in [1.807, 2.05) is 0 Å². The van der Waals surface area contributed by atoms with Crippen LogP contribution < -0.4 is 5.32 Å². The van der Waals surface area contributed by atoms with Crippen molar-refractivity contribution in [2.75, 3.05) is 24.6 Å². The monoisotopic (exact) mass is 183 g/mol. The molecule has 0 atom stereocenters. The molecule has 2 heteroatoms. The highest BCUT2D eigenvalue weighted by Gasteiger charge is 2.12. The molecular weight excluding hydrogens is 166 g/mol. The van der Waals surface area contributed by atoms with E-state index in [1.165, 1.54) is 30.9 Å². The smallest absolute Gasteiger partial charge is 0.0211 e. The molecule has 1 aliphatic heterocycles. The molecule has 0 bridgehead atoms. The third-order valence-corrected chi connectivity index (χ3v) is 3.27. The lowest BCUT2D eigenvalue weighted by molar-refractivity contribution is 0.451. The van der Waals surface area contributed by atoms with Crippen molar-refractivity contribution in [1.29, 1.82) is 0 Å². The van der Waals surface area contributed by atoms with Crippen LogP contribution in [0, 0.1) is 18.3 Å². The van der Waals surface area contributed by atoms with Crippen LogP contribution in [-0.2, 0) is 0 Å². The Morgan fingerprint density at radius 2 is 2.17 bits per heavy atom. The standard InChI is InChI=1S/C10H17NS/c1-2-3-6-11-9-10-4-7-12-8-5-10/h1,10-11H,3-9H2. The highest BCUT2D eigenvalue weighted by atomic mass is 32.2. The minimum absolute atomic E-state index is 0.863. The summed E-state index contributed by atoms with van der Waals surface area (Å²) in [6.07, 6.45) is 8.78.